The molecule has 0 saturated heterocycles. The van der Waals surface area contributed by atoms with Gasteiger partial charge in [-0.3, -0.25) is 4.68 Å². The van der Waals surface area contributed by atoms with Gasteiger partial charge < -0.3 is 10.2 Å². The molecule has 4 heteroatoms. The van der Waals surface area contributed by atoms with Crippen molar-refractivity contribution >= 4 is 11.4 Å². The zero-order valence-electron chi connectivity index (χ0n) is 12.8. The maximum Gasteiger partial charge on any atom is 0.0539 e. The Kier molecular flexibility index (Phi) is 4.66. The van der Waals surface area contributed by atoms with Crippen molar-refractivity contribution in [3.05, 3.63) is 41.7 Å². The molecule has 0 saturated carbocycles. The second kappa shape index (κ2) is 6.46. The predicted molar refractivity (Wildman–Crippen MR) is 85.4 cm³/mol. The number of nitrogens with zero attached hydrogens (tertiary/aromatic N) is 3. The normalized spacial score (nSPS) is 10.6. The average molecular weight is 272 g/mol. The molecule has 0 unspecified atom stereocenters. The first-order valence-corrected chi connectivity index (χ1v) is 7.13. The summed E-state index contributed by atoms with van der Waals surface area (Å²) in [4.78, 5) is 2.12. The molecule has 108 valence electrons. The third-order valence-electron chi connectivity index (χ3n) is 3.35. The molecule has 2 rings (SSSR count). The number of hydrogen-bond donors (Lipinski definition) is 1. The van der Waals surface area contributed by atoms with E-state index in [2.05, 4.69) is 67.7 Å². The zero-order valence-corrected chi connectivity index (χ0v) is 12.8. The summed E-state index contributed by atoms with van der Waals surface area (Å²) in [6, 6.07) is 6.47. The van der Waals surface area contributed by atoms with Gasteiger partial charge in [-0.1, -0.05) is 6.92 Å². The van der Waals surface area contributed by atoms with Gasteiger partial charge in [0.1, 0.15) is 0 Å². The second-order valence-corrected chi connectivity index (χ2v) is 5.36. The molecule has 20 heavy (non-hydrogen) atoms. The highest BCUT2D eigenvalue weighted by Gasteiger charge is 2.03. The average Bonchev–Trinajstić information content (AvgIpc) is 2.85. The van der Waals surface area contributed by atoms with Crippen molar-refractivity contribution in [1.29, 1.82) is 0 Å². The van der Waals surface area contributed by atoms with Gasteiger partial charge in [0.25, 0.3) is 0 Å². The van der Waals surface area contributed by atoms with E-state index in [4.69, 9.17) is 0 Å². The molecule has 1 heterocycles. The van der Waals surface area contributed by atoms with Crippen LogP contribution in [0.25, 0.3) is 0 Å². The van der Waals surface area contributed by atoms with Crippen molar-refractivity contribution in [2.75, 3.05) is 24.3 Å². The van der Waals surface area contributed by atoms with Crippen LogP contribution in [-0.4, -0.2) is 23.9 Å². The van der Waals surface area contributed by atoms with Gasteiger partial charge in [-0.05, 0) is 37.1 Å². The highest BCUT2D eigenvalue weighted by molar-refractivity contribution is 5.59. The maximum absolute atomic E-state index is 4.35. The molecule has 0 amide bonds. The quantitative estimate of drug-likeness (QED) is 0.876. The standard InChI is InChI=1S/C16H24N4/c1-5-8-20-12-14(11-18-20)10-17-16-7-6-15(19(3)4)9-13(16)2/h6-7,9,11-12,17H,5,8,10H2,1-4H3. The molecule has 2 aromatic rings. The summed E-state index contributed by atoms with van der Waals surface area (Å²) in [6.07, 6.45) is 5.16. The van der Waals surface area contributed by atoms with E-state index in [1.54, 1.807) is 0 Å². The van der Waals surface area contributed by atoms with E-state index in [-0.39, 0.29) is 0 Å². The van der Waals surface area contributed by atoms with Crippen LogP contribution in [-0.2, 0) is 13.1 Å². The molecule has 0 aliphatic heterocycles. The number of aromatic nitrogens is 2. The summed E-state index contributed by atoms with van der Waals surface area (Å²) in [6.45, 7) is 6.09. The van der Waals surface area contributed by atoms with Gasteiger partial charge in [0.05, 0.1) is 6.20 Å². The van der Waals surface area contributed by atoms with E-state index in [0.717, 1.165) is 19.5 Å². The summed E-state index contributed by atoms with van der Waals surface area (Å²) < 4.78 is 2.00. The highest BCUT2D eigenvalue weighted by Crippen LogP contribution is 2.21. The Balaban J connectivity index is 1.99. The molecule has 0 fully saturated rings. The lowest BCUT2D eigenvalue weighted by Crippen LogP contribution is -2.09. The molecule has 0 spiro atoms. The molecule has 0 aliphatic carbocycles. The van der Waals surface area contributed by atoms with Crippen molar-refractivity contribution in [3.63, 3.8) is 0 Å². The fraction of sp³-hybridized carbons (Fsp3) is 0.438. The minimum Gasteiger partial charge on any atom is -0.381 e. The first-order valence-electron chi connectivity index (χ1n) is 7.13. The van der Waals surface area contributed by atoms with Crippen LogP contribution < -0.4 is 10.2 Å². The summed E-state index contributed by atoms with van der Waals surface area (Å²) in [5.74, 6) is 0. The lowest BCUT2D eigenvalue weighted by molar-refractivity contribution is 0.602. The van der Waals surface area contributed by atoms with Crippen LogP contribution in [0.15, 0.2) is 30.6 Å². The molecule has 0 atom stereocenters. The Labute approximate surface area is 121 Å². The van der Waals surface area contributed by atoms with E-state index >= 15 is 0 Å². The molecule has 1 aromatic carbocycles. The van der Waals surface area contributed by atoms with Crippen molar-refractivity contribution in [2.24, 2.45) is 0 Å². The van der Waals surface area contributed by atoms with E-state index in [0.29, 0.717) is 0 Å². The minimum atomic E-state index is 0.811. The van der Waals surface area contributed by atoms with E-state index in [9.17, 15) is 0 Å². The molecular weight excluding hydrogens is 248 g/mol. The fourth-order valence-corrected chi connectivity index (χ4v) is 2.17. The van der Waals surface area contributed by atoms with Crippen molar-refractivity contribution in [1.82, 2.24) is 9.78 Å². The fourth-order valence-electron chi connectivity index (χ4n) is 2.17. The molecule has 1 N–H and O–H groups in total. The third kappa shape index (κ3) is 3.53. The zero-order chi connectivity index (χ0) is 14.5. The number of anilines is 2. The van der Waals surface area contributed by atoms with Crippen LogP contribution in [0.1, 0.15) is 24.5 Å². The van der Waals surface area contributed by atoms with Crippen molar-refractivity contribution in [2.45, 2.75) is 33.4 Å². The molecular formula is C16H24N4. The van der Waals surface area contributed by atoms with Crippen LogP contribution in [0, 0.1) is 6.92 Å². The summed E-state index contributed by atoms with van der Waals surface area (Å²) in [5, 5.41) is 7.83. The number of aryl methyl sites for hydroxylation is 2. The van der Waals surface area contributed by atoms with Crippen LogP contribution in [0.2, 0.25) is 0 Å². The van der Waals surface area contributed by atoms with Crippen LogP contribution >= 0.6 is 0 Å². The summed E-state index contributed by atoms with van der Waals surface area (Å²) >= 11 is 0. The Morgan fingerprint density at radius 2 is 2.10 bits per heavy atom. The SMILES string of the molecule is CCCn1cc(CNc2ccc(N(C)C)cc2C)cn1. The Bertz CT molecular complexity index is 557. The van der Waals surface area contributed by atoms with Gasteiger partial charge in [0, 0.05) is 50.3 Å². The van der Waals surface area contributed by atoms with Crippen molar-refractivity contribution < 1.29 is 0 Å². The third-order valence-corrected chi connectivity index (χ3v) is 3.35. The maximum atomic E-state index is 4.35. The van der Waals surface area contributed by atoms with E-state index < -0.39 is 0 Å². The van der Waals surface area contributed by atoms with E-state index in [1.807, 2.05) is 10.9 Å². The second-order valence-electron chi connectivity index (χ2n) is 5.36. The van der Waals surface area contributed by atoms with E-state index in [1.165, 1.54) is 22.5 Å². The van der Waals surface area contributed by atoms with Crippen LogP contribution in [0.4, 0.5) is 11.4 Å². The lowest BCUT2D eigenvalue weighted by Gasteiger charge is -2.15. The highest BCUT2D eigenvalue weighted by atomic mass is 15.3. The number of benzene rings is 1. The molecule has 0 bridgehead atoms. The Morgan fingerprint density at radius 3 is 2.75 bits per heavy atom. The van der Waals surface area contributed by atoms with Crippen molar-refractivity contribution in [3.8, 4) is 0 Å². The molecule has 1 aromatic heterocycles. The van der Waals surface area contributed by atoms with Gasteiger partial charge >= 0.3 is 0 Å². The van der Waals surface area contributed by atoms with Crippen LogP contribution in [0.5, 0.6) is 0 Å². The number of rotatable bonds is 6. The van der Waals surface area contributed by atoms with Gasteiger partial charge in [0.2, 0.25) is 0 Å². The smallest absolute Gasteiger partial charge is 0.0539 e. The summed E-state index contributed by atoms with van der Waals surface area (Å²) in [5.41, 5.74) is 4.88. The lowest BCUT2D eigenvalue weighted by atomic mass is 10.1. The Morgan fingerprint density at radius 1 is 1.30 bits per heavy atom. The minimum absolute atomic E-state index is 0.811. The van der Waals surface area contributed by atoms with Crippen LogP contribution in [0.3, 0.4) is 0 Å². The molecule has 0 aliphatic rings. The molecule has 4 nitrogen and oxygen atoms in total. The van der Waals surface area contributed by atoms with Gasteiger partial charge in [-0.25, -0.2) is 0 Å². The number of hydrogen-bond acceptors (Lipinski definition) is 3. The Hall–Kier alpha value is -1.97. The first-order chi connectivity index (χ1) is 9.60. The monoisotopic (exact) mass is 272 g/mol. The largest absolute Gasteiger partial charge is 0.381 e. The van der Waals surface area contributed by atoms with Gasteiger partial charge in [-0.15, -0.1) is 0 Å². The number of nitrogens with one attached hydrogen (secondary N) is 1. The topological polar surface area (TPSA) is 33.1 Å². The predicted octanol–water partition coefficient (Wildman–Crippen LogP) is 3.28. The first kappa shape index (κ1) is 14.4. The van der Waals surface area contributed by atoms with Gasteiger partial charge in [0.15, 0.2) is 0 Å². The molecule has 0 radical (unpaired) electrons. The van der Waals surface area contributed by atoms with Gasteiger partial charge in [-0.2, -0.15) is 5.10 Å². The summed E-state index contributed by atoms with van der Waals surface area (Å²) in [7, 11) is 4.12.